The molecule has 0 fully saturated rings. The summed E-state index contributed by atoms with van der Waals surface area (Å²) in [6, 6.07) is 14.0. The zero-order chi connectivity index (χ0) is 26.9. The maximum absolute atomic E-state index is 13.4. The molecule has 36 heavy (non-hydrogen) atoms. The van der Waals surface area contributed by atoms with Gasteiger partial charge in [0.2, 0.25) is 21.8 Å². The SMILES string of the molecule is CC[C@@H](C(=O)NC(C)C)N(Cc1ccc(OC)cc1)C(=O)CCCN(c1cccc(C)c1)S(C)(=O)=O. The Morgan fingerprint density at radius 2 is 1.75 bits per heavy atom. The Bertz CT molecular complexity index is 1120. The molecule has 0 aromatic heterocycles. The summed E-state index contributed by atoms with van der Waals surface area (Å²) in [5, 5.41) is 2.91. The molecule has 0 heterocycles. The smallest absolute Gasteiger partial charge is 0.243 e. The highest BCUT2D eigenvalue weighted by Crippen LogP contribution is 2.21. The molecule has 2 aromatic carbocycles. The molecule has 1 N–H and O–H groups in total. The van der Waals surface area contributed by atoms with Crippen LogP contribution in [0.3, 0.4) is 0 Å². The molecule has 0 spiro atoms. The van der Waals surface area contributed by atoms with Crippen LogP contribution in [0.2, 0.25) is 0 Å². The molecule has 0 saturated heterocycles. The number of hydrogen-bond acceptors (Lipinski definition) is 5. The van der Waals surface area contributed by atoms with E-state index < -0.39 is 16.1 Å². The molecule has 0 saturated carbocycles. The largest absolute Gasteiger partial charge is 0.497 e. The number of rotatable bonds is 13. The van der Waals surface area contributed by atoms with Gasteiger partial charge in [-0.3, -0.25) is 13.9 Å². The number of anilines is 1. The topological polar surface area (TPSA) is 96.0 Å². The van der Waals surface area contributed by atoms with Crippen molar-refractivity contribution in [3.05, 3.63) is 59.7 Å². The summed E-state index contributed by atoms with van der Waals surface area (Å²) < 4.78 is 31.5. The lowest BCUT2D eigenvalue weighted by atomic mass is 10.1. The van der Waals surface area contributed by atoms with Gasteiger partial charge < -0.3 is 15.0 Å². The van der Waals surface area contributed by atoms with Crippen LogP contribution in [0.4, 0.5) is 5.69 Å². The number of hydrogen-bond donors (Lipinski definition) is 1. The summed E-state index contributed by atoms with van der Waals surface area (Å²) in [5.74, 6) is 0.305. The van der Waals surface area contributed by atoms with Crippen LogP contribution in [0.5, 0.6) is 5.75 Å². The van der Waals surface area contributed by atoms with Gasteiger partial charge in [0.1, 0.15) is 11.8 Å². The van der Waals surface area contributed by atoms with E-state index in [1.165, 1.54) is 4.31 Å². The lowest BCUT2D eigenvalue weighted by Gasteiger charge is -2.31. The number of sulfonamides is 1. The number of carbonyl (C=O) groups excluding carboxylic acids is 2. The molecular formula is C27H39N3O5S. The molecular weight excluding hydrogens is 478 g/mol. The summed E-state index contributed by atoms with van der Waals surface area (Å²) in [7, 11) is -1.94. The molecule has 8 nitrogen and oxygen atoms in total. The maximum Gasteiger partial charge on any atom is 0.243 e. The second-order valence-corrected chi connectivity index (χ2v) is 11.1. The summed E-state index contributed by atoms with van der Waals surface area (Å²) >= 11 is 0. The number of aryl methyl sites for hydroxylation is 1. The fourth-order valence-electron chi connectivity index (χ4n) is 4.01. The van der Waals surface area contributed by atoms with E-state index in [0.29, 0.717) is 24.3 Å². The van der Waals surface area contributed by atoms with Crippen molar-refractivity contribution < 1.29 is 22.7 Å². The van der Waals surface area contributed by atoms with Crippen LogP contribution in [0.1, 0.15) is 51.2 Å². The zero-order valence-electron chi connectivity index (χ0n) is 22.2. The van der Waals surface area contributed by atoms with Crippen LogP contribution in [0.25, 0.3) is 0 Å². The van der Waals surface area contributed by atoms with Crippen LogP contribution in [-0.2, 0) is 26.2 Å². The number of ether oxygens (including phenoxy) is 1. The first-order valence-corrected chi connectivity index (χ1v) is 14.1. The number of nitrogens with zero attached hydrogens (tertiary/aromatic N) is 2. The minimum atomic E-state index is -3.52. The Morgan fingerprint density at radius 1 is 1.08 bits per heavy atom. The van der Waals surface area contributed by atoms with E-state index in [1.54, 1.807) is 18.1 Å². The van der Waals surface area contributed by atoms with Gasteiger partial charge in [-0.25, -0.2) is 8.42 Å². The van der Waals surface area contributed by atoms with E-state index in [9.17, 15) is 18.0 Å². The maximum atomic E-state index is 13.4. The molecule has 0 radical (unpaired) electrons. The van der Waals surface area contributed by atoms with Gasteiger partial charge in [-0.05, 0) is 69.0 Å². The molecule has 0 aliphatic heterocycles. The summed E-state index contributed by atoms with van der Waals surface area (Å²) in [6.45, 7) is 7.97. The number of nitrogens with one attached hydrogen (secondary N) is 1. The van der Waals surface area contributed by atoms with Gasteiger partial charge in [-0.15, -0.1) is 0 Å². The Hall–Kier alpha value is -3.07. The zero-order valence-corrected chi connectivity index (χ0v) is 23.0. The van der Waals surface area contributed by atoms with Crippen molar-refractivity contribution in [1.29, 1.82) is 0 Å². The van der Waals surface area contributed by atoms with E-state index >= 15 is 0 Å². The van der Waals surface area contributed by atoms with Crippen LogP contribution < -0.4 is 14.4 Å². The molecule has 0 unspecified atom stereocenters. The summed E-state index contributed by atoms with van der Waals surface area (Å²) in [4.78, 5) is 28.0. The predicted octanol–water partition coefficient (Wildman–Crippen LogP) is 3.88. The van der Waals surface area contributed by atoms with Gasteiger partial charge in [0.05, 0.1) is 19.1 Å². The van der Waals surface area contributed by atoms with Gasteiger partial charge in [0.15, 0.2) is 0 Å². The highest BCUT2D eigenvalue weighted by molar-refractivity contribution is 7.92. The third-order valence-electron chi connectivity index (χ3n) is 5.77. The minimum absolute atomic E-state index is 0.0536. The van der Waals surface area contributed by atoms with E-state index in [4.69, 9.17) is 4.74 Å². The summed E-state index contributed by atoms with van der Waals surface area (Å²) in [6.07, 6.45) is 2.05. The van der Waals surface area contributed by atoms with Gasteiger partial charge in [0, 0.05) is 25.6 Å². The van der Waals surface area contributed by atoms with Crippen molar-refractivity contribution in [2.24, 2.45) is 0 Å². The predicted molar refractivity (Wildman–Crippen MR) is 144 cm³/mol. The van der Waals surface area contributed by atoms with Gasteiger partial charge in [-0.2, -0.15) is 0 Å². The van der Waals surface area contributed by atoms with Crippen LogP contribution in [0.15, 0.2) is 48.5 Å². The third kappa shape index (κ3) is 8.55. The highest BCUT2D eigenvalue weighted by atomic mass is 32.2. The van der Waals surface area contributed by atoms with E-state index in [1.807, 2.05) is 70.2 Å². The minimum Gasteiger partial charge on any atom is -0.497 e. The van der Waals surface area contributed by atoms with Gasteiger partial charge in [0.25, 0.3) is 0 Å². The average Bonchev–Trinajstić information content (AvgIpc) is 2.80. The Balaban J connectivity index is 2.22. The molecule has 0 aliphatic carbocycles. The molecule has 2 aromatic rings. The fourth-order valence-corrected chi connectivity index (χ4v) is 4.97. The third-order valence-corrected chi connectivity index (χ3v) is 6.96. The molecule has 1 atom stereocenters. The van der Waals surface area contributed by atoms with Crippen molar-refractivity contribution in [1.82, 2.24) is 10.2 Å². The molecule has 0 aliphatic rings. The average molecular weight is 518 g/mol. The Kier molecular flexibility index (Phi) is 10.8. The van der Waals surface area contributed by atoms with Crippen molar-refractivity contribution in [2.75, 3.05) is 24.2 Å². The first-order chi connectivity index (χ1) is 17.0. The van der Waals surface area contributed by atoms with Gasteiger partial charge >= 0.3 is 0 Å². The molecule has 9 heteroatoms. The standard InChI is InChI=1S/C27H39N3O5S/c1-7-25(27(32)28-20(2)3)29(19-22-13-15-24(35-5)16-14-22)26(31)12-9-17-30(36(6,33)34)23-11-8-10-21(4)18-23/h8,10-11,13-16,18,20,25H,7,9,12,17,19H2,1-6H3,(H,28,32)/t25-/m0/s1. The molecule has 0 bridgehead atoms. The van der Waals surface area contributed by atoms with Crippen molar-refractivity contribution in [2.45, 2.75) is 65.6 Å². The Labute approximate surface area is 215 Å². The van der Waals surface area contributed by atoms with Crippen molar-refractivity contribution in [3.63, 3.8) is 0 Å². The highest BCUT2D eigenvalue weighted by Gasteiger charge is 2.29. The van der Waals surface area contributed by atoms with Crippen molar-refractivity contribution >= 4 is 27.5 Å². The molecule has 198 valence electrons. The molecule has 2 amide bonds. The monoisotopic (exact) mass is 517 g/mol. The van der Waals surface area contributed by atoms with E-state index in [0.717, 1.165) is 17.4 Å². The number of amides is 2. The van der Waals surface area contributed by atoms with Crippen LogP contribution >= 0.6 is 0 Å². The quantitative estimate of drug-likeness (QED) is 0.435. The lowest BCUT2D eigenvalue weighted by molar-refractivity contribution is -0.141. The van der Waals surface area contributed by atoms with Crippen molar-refractivity contribution in [3.8, 4) is 5.75 Å². The normalized spacial score (nSPS) is 12.2. The molecule has 2 rings (SSSR count). The van der Waals surface area contributed by atoms with Crippen LogP contribution in [0, 0.1) is 6.92 Å². The number of carbonyl (C=O) groups is 2. The van der Waals surface area contributed by atoms with E-state index in [-0.39, 0.29) is 37.4 Å². The number of benzene rings is 2. The lowest BCUT2D eigenvalue weighted by Crippen LogP contribution is -2.50. The van der Waals surface area contributed by atoms with Gasteiger partial charge in [-0.1, -0.05) is 31.2 Å². The first kappa shape index (κ1) is 29.2. The fraction of sp³-hybridized carbons (Fsp3) is 0.481. The van der Waals surface area contributed by atoms with Crippen LogP contribution in [-0.4, -0.2) is 57.1 Å². The van der Waals surface area contributed by atoms with E-state index in [2.05, 4.69) is 5.32 Å². The second kappa shape index (κ2) is 13.3. The second-order valence-electron chi connectivity index (χ2n) is 9.23. The first-order valence-electron chi connectivity index (χ1n) is 12.2. The Morgan fingerprint density at radius 3 is 2.28 bits per heavy atom. The number of methoxy groups -OCH3 is 1. The summed E-state index contributed by atoms with van der Waals surface area (Å²) in [5.41, 5.74) is 2.39.